The van der Waals surface area contributed by atoms with Crippen molar-refractivity contribution in [3.05, 3.63) is 78.6 Å². The summed E-state index contributed by atoms with van der Waals surface area (Å²) in [6, 6.07) is 16.1. The maximum Gasteiger partial charge on any atom is 0.203 e. The lowest BCUT2D eigenvalue weighted by molar-refractivity contribution is 0.168. The largest absolute Gasteiger partial charge is 0.494 e. The van der Waals surface area contributed by atoms with Crippen molar-refractivity contribution in [1.29, 1.82) is 0 Å². The van der Waals surface area contributed by atoms with Crippen LogP contribution in [-0.2, 0) is 4.74 Å². The highest BCUT2D eigenvalue weighted by Gasteiger charge is 2.27. The van der Waals surface area contributed by atoms with Gasteiger partial charge in [-0.15, -0.1) is 0 Å². The van der Waals surface area contributed by atoms with Gasteiger partial charge in [-0.05, 0) is 19.1 Å². The molecular weight excluding hydrogens is 300 g/mol. The summed E-state index contributed by atoms with van der Waals surface area (Å²) in [5.74, 6) is 2.34. The zero-order valence-electron chi connectivity index (χ0n) is 13.5. The Labute approximate surface area is 141 Å². The van der Waals surface area contributed by atoms with Gasteiger partial charge in [-0.25, -0.2) is 4.98 Å². The van der Waals surface area contributed by atoms with Gasteiger partial charge in [-0.3, -0.25) is 4.57 Å². The second kappa shape index (κ2) is 5.89. The minimum absolute atomic E-state index is 0.230. The topological polar surface area (TPSA) is 36.3 Å². The molecule has 1 aliphatic rings. The fourth-order valence-electron chi connectivity index (χ4n) is 2.97. The second-order valence-corrected chi connectivity index (χ2v) is 5.61. The normalized spacial score (nSPS) is 15.1. The fraction of sp³-hybridized carbons (Fsp3) is 0.150. The number of ether oxygens (including phenoxy) is 2. The molecule has 24 heavy (non-hydrogen) atoms. The first-order chi connectivity index (χ1) is 11.8. The summed E-state index contributed by atoms with van der Waals surface area (Å²) in [6.45, 7) is 6.51. The SMILES string of the molecule is C=C(OCC)c1ccc2c(c1)OC(c1ccccc1)n1ccnc1-2. The van der Waals surface area contributed by atoms with Crippen molar-refractivity contribution < 1.29 is 9.47 Å². The van der Waals surface area contributed by atoms with E-state index < -0.39 is 0 Å². The summed E-state index contributed by atoms with van der Waals surface area (Å²) < 4.78 is 13.9. The monoisotopic (exact) mass is 318 g/mol. The first kappa shape index (κ1) is 14.6. The van der Waals surface area contributed by atoms with Crippen LogP contribution in [0.15, 0.2) is 67.5 Å². The summed E-state index contributed by atoms with van der Waals surface area (Å²) in [5.41, 5.74) is 2.97. The quantitative estimate of drug-likeness (QED) is 0.665. The van der Waals surface area contributed by atoms with E-state index in [9.17, 15) is 0 Å². The van der Waals surface area contributed by atoms with Gasteiger partial charge in [-0.2, -0.15) is 0 Å². The van der Waals surface area contributed by atoms with Gasteiger partial charge in [-0.1, -0.05) is 43.0 Å². The highest BCUT2D eigenvalue weighted by molar-refractivity contribution is 5.71. The van der Waals surface area contributed by atoms with E-state index in [4.69, 9.17) is 9.47 Å². The summed E-state index contributed by atoms with van der Waals surface area (Å²) in [6.07, 6.45) is 3.52. The Balaban J connectivity index is 1.79. The van der Waals surface area contributed by atoms with Crippen molar-refractivity contribution in [2.45, 2.75) is 13.2 Å². The molecule has 4 rings (SSSR count). The van der Waals surface area contributed by atoms with Gasteiger partial charge < -0.3 is 9.47 Å². The molecule has 0 saturated carbocycles. The molecule has 0 saturated heterocycles. The summed E-state index contributed by atoms with van der Waals surface area (Å²) >= 11 is 0. The molecule has 4 heteroatoms. The van der Waals surface area contributed by atoms with Crippen LogP contribution in [-0.4, -0.2) is 16.2 Å². The van der Waals surface area contributed by atoms with Crippen molar-refractivity contribution in [3.8, 4) is 17.1 Å². The van der Waals surface area contributed by atoms with Gasteiger partial charge in [0.05, 0.1) is 12.2 Å². The number of hydrogen-bond donors (Lipinski definition) is 0. The fourth-order valence-corrected chi connectivity index (χ4v) is 2.97. The smallest absolute Gasteiger partial charge is 0.203 e. The number of fused-ring (bicyclic) bond motifs is 3. The Bertz CT molecular complexity index is 884. The Morgan fingerprint density at radius 2 is 2.08 bits per heavy atom. The highest BCUT2D eigenvalue weighted by atomic mass is 16.5. The third kappa shape index (κ3) is 2.36. The highest BCUT2D eigenvalue weighted by Crippen LogP contribution is 2.40. The predicted octanol–water partition coefficient (Wildman–Crippen LogP) is 4.50. The van der Waals surface area contributed by atoms with Crippen LogP contribution in [0.1, 0.15) is 24.3 Å². The van der Waals surface area contributed by atoms with Gasteiger partial charge in [0.2, 0.25) is 6.23 Å². The van der Waals surface area contributed by atoms with Crippen molar-refractivity contribution in [2.75, 3.05) is 6.61 Å². The lowest BCUT2D eigenvalue weighted by Crippen LogP contribution is -2.22. The number of hydrogen-bond acceptors (Lipinski definition) is 3. The molecular formula is C20H18N2O2. The van der Waals surface area contributed by atoms with Crippen LogP contribution in [0.5, 0.6) is 5.75 Å². The van der Waals surface area contributed by atoms with Crippen LogP contribution < -0.4 is 4.74 Å². The van der Waals surface area contributed by atoms with E-state index in [1.54, 1.807) is 6.20 Å². The van der Waals surface area contributed by atoms with E-state index in [2.05, 4.69) is 28.3 Å². The van der Waals surface area contributed by atoms with Crippen LogP contribution in [0.3, 0.4) is 0 Å². The van der Waals surface area contributed by atoms with Crippen molar-refractivity contribution in [1.82, 2.24) is 9.55 Å². The van der Waals surface area contributed by atoms with Crippen LogP contribution in [0.2, 0.25) is 0 Å². The molecule has 120 valence electrons. The molecule has 1 atom stereocenters. The van der Waals surface area contributed by atoms with Gasteiger partial charge >= 0.3 is 0 Å². The van der Waals surface area contributed by atoms with E-state index in [0.717, 1.165) is 28.3 Å². The van der Waals surface area contributed by atoms with E-state index in [1.165, 1.54) is 0 Å². The van der Waals surface area contributed by atoms with Crippen LogP contribution in [0.4, 0.5) is 0 Å². The number of aromatic nitrogens is 2. The molecule has 1 aromatic heterocycles. The van der Waals surface area contributed by atoms with Crippen molar-refractivity contribution in [2.24, 2.45) is 0 Å². The van der Waals surface area contributed by atoms with Crippen molar-refractivity contribution in [3.63, 3.8) is 0 Å². The minimum atomic E-state index is -0.230. The van der Waals surface area contributed by atoms with Gasteiger partial charge in [0.15, 0.2) is 0 Å². The van der Waals surface area contributed by atoms with Gasteiger partial charge in [0, 0.05) is 23.5 Å². The molecule has 0 fully saturated rings. The molecule has 0 radical (unpaired) electrons. The molecule has 1 aliphatic heterocycles. The van der Waals surface area contributed by atoms with Crippen LogP contribution in [0, 0.1) is 0 Å². The van der Waals surface area contributed by atoms with Crippen LogP contribution in [0.25, 0.3) is 17.1 Å². The molecule has 0 spiro atoms. The van der Waals surface area contributed by atoms with E-state index >= 15 is 0 Å². The summed E-state index contributed by atoms with van der Waals surface area (Å²) in [5, 5.41) is 0. The van der Waals surface area contributed by atoms with E-state index in [1.807, 2.05) is 49.5 Å². The number of nitrogens with zero attached hydrogens (tertiary/aromatic N) is 2. The van der Waals surface area contributed by atoms with Gasteiger partial charge in [0.1, 0.15) is 17.3 Å². The molecule has 1 unspecified atom stereocenters. The maximum absolute atomic E-state index is 6.30. The molecule has 0 bridgehead atoms. The van der Waals surface area contributed by atoms with Gasteiger partial charge in [0.25, 0.3) is 0 Å². The van der Waals surface area contributed by atoms with Crippen LogP contribution >= 0.6 is 0 Å². The molecule has 0 aliphatic carbocycles. The Morgan fingerprint density at radius 1 is 1.25 bits per heavy atom. The maximum atomic E-state index is 6.30. The average Bonchev–Trinajstić information content (AvgIpc) is 3.11. The molecule has 4 nitrogen and oxygen atoms in total. The number of rotatable bonds is 4. The summed E-state index contributed by atoms with van der Waals surface area (Å²) in [4.78, 5) is 4.51. The lowest BCUT2D eigenvalue weighted by Gasteiger charge is -2.29. The summed E-state index contributed by atoms with van der Waals surface area (Å²) in [7, 11) is 0. The van der Waals surface area contributed by atoms with Crippen molar-refractivity contribution >= 4 is 5.76 Å². The second-order valence-electron chi connectivity index (χ2n) is 5.61. The Kier molecular flexibility index (Phi) is 3.58. The van der Waals surface area contributed by atoms with E-state index in [0.29, 0.717) is 12.4 Å². The molecule has 0 N–H and O–H groups in total. The number of imidazole rings is 1. The first-order valence-corrected chi connectivity index (χ1v) is 7.99. The molecule has 3 aromatic rings. The molecule has 2 heterocycles. The lowest BCUT2D eigenvalue weighted by atomic mass is 10.1. The Hall–Kier alpha value is -3.01. The average molecular weight is 318 g/mol. The first-order valence-electron chi connectivity index (χ1n) is 7.99. The predicted molar refractivity (Wildman–Crippen MR) is 93.5 cm³/mol. The minimum Gasteiger partial charge on any atom is -0.494 e. The zero-order chi connectivity index (χ0) is 16.5. The standard InChI is InChI=1S/C20H18N2O2/c1-3-23-14(2)16-9-10-17-18(13-16)24-20(15-7-5-4-6-8-15)22-12-11-21-19(17)22/h4-13,20H,2-3H2,1H3. The zero-order valence-corrected chi connectivity index (χ0v) is 13.5. The van der Waals surface area contributed by atoms with E-state index in [-0.39, 0.29) is 6.23 Å². The third-order valence-electron chi connectivity index (χ3n) is 4.11. The number of benzene rings is 2. The molecule has 0 amide bonds. The molecule has 2 aromatic carbocycles. The third-order valence-corrected chi connectivity index (χ3v) is 4.11. The Morgan fingerprint density at radius 3 is 2.88 bits per heavy atom.